The van der Waals surface area contributed by atoms with Gasteiger partial charge in [-0.3, -0.25) is 4.98 Å². The number of hydrogen-bond donors (Lipinski definition) is 1. The first-order valence-corrected chi connectivity index (χ1v) is 6.28. The van der Waals surface area contributed by atoms with Crippen LogP contribution < -0.4 is 15.2 Å². The van der Waals surface area contributed by atoms with E-state index in [4.69, 9.17) is 15.2 Å². The van der Waals surface area contributed by atoms with E-state index in [2.05, 4.69) is 11.1 Å². The highest BCUT2D eigenvalue weighted by Crippen LogP contribution is 2.34. The predicted octanol–water partition coefficient (Wildman–Crippen LogP) is 2.09. The summed E-state index contributed by atoms with van der Waals surface area (Å²) >= 11 is 0. The molecule has 3 rings (SSSR count). The summed E-state index contributed by atoms with van der Waals surface area (Å²) in [4.78, 5) is 4.33. The van der Waals surface area contributed by atoms with E-state index in [0.717, 1.165) is 17.9 Å². The minimum Gasteiger partial charge on any atom is -0.495 e. The van der Waals surface area contributed by atoms with Gasteiger partial charge in [0.25, 0.3) is 0 Å². The Morgan fingerprint density at radius 3 is 2.95 bits per heavy atom. The van der Waals surface area contributed by atoms with E-state index in [9.17, 15) is 0 Å². The zero-order chi connectivity index (χ0) is 13.2. The first kappa shape index (κ1) is 12.0. The molecule has 1 aromatic carbocycles. The zero-order valence-corrected chi connectivity index (χ0v) is 10.7. The van der Waals surface area contributed by atoms with E-state index < -0.39 is 0 Å². The molecule has 2 unspecified atom stereocenters. The maximum atomic E-state index is 6.29. The summed E-state index contributed by atoms with van der Waals surface area (Å²) in [7, 11) is 1.62. The van der Waals surface area contributed by atoms with Crippen molar-refractivity contribution in [2.24, 2.45) is 5.73 Å². The van der Waals surface area contributed by atoms with Crippen molar-refractivity contribution >= 4 is 0 Å². The number of methoxy groups -OCH3 is 1. The van der Waals surface area contributed by atoms with Crippen LogP contribution in [0.5, 0.6) is 11.5 Å². The van der Waals surface area contributed by atoms with Crippen LogP contribution in [0.15, 0.2) is 42.6 Å². The Morgan fingerprint density at radius 1 is 1.32 bits per heavy atom. The summed E-state index contributed by atoms with van der Waals surface area (Å²) in [6.45, 7) is 0. The summed E-state index contributed by atoms with van der Waals surface area (Å²) in [5.41, 5.74) is 8.22. The Bertz CT molecular complexity index is 561. The van der Waals surface area contributed by atoms with Crippen LogP contribution in [-0.2, 0) is 6.42 Å². The fourth-order valence-electron chi connectivity index (χ4n) is 2.41. The Kier molecular flexibility index (Phi) is 3.09. The largest absolute Gasteiger partial charge is 0.495 e. The Labute approximate surface area is 112 Å². The van der Waals surface area contributed by atoms with Crippen molar-refractivity contribution in [3.05, 3.63) is 53.9 Å². The molecule has 4 nitrogen and oxygen atoms in total. The van der Waals surface area contributed by atoms with E-state index in [0.29, 0.717) is 5.75 Å². The average Bonchev–Trinajstić information content (AvgIpc) is 2.90. The van der Waals surface area contributed by atoms with Crippen LogP contribution in [0.25, 0.3) is 0 Å². The molecule has 0 fully saturated rings. The average molecular weight is 256 g/mol. The molecule has 0 aliphatic carbocycles. The molecule has 0 spiro atoms. The molecular weight excluding hydrogens is 240 g/mol. The first-order chi connectivity index (χ1) is 9.29. The third kappa shape index (κ3) is 2.15. The van der Waals surface area contributed by atoms with Gasteiger partial charge < -0.3 is 15.2 Å². The van der Waals surface area contributed by atoms with Crippen molar-refractivity contribution in [3.63, 3.8) is 0 Å². The topological polar surface area (TPSA) is 57.4 Å². The van der Waals surface area contributed by atoms with Crippen LogP contribution in [-0.4, -0.2) is 18.2 Å². The number of nitrogens with two attached hydrogens (primary N) is 1. The number of benzene rings is 1. The molecule has 1 aliphatic rings. The fraction of sp³-hybridized carbons (Fsp3) is 0.267. The van der Waals surface area contributed by atoms with Gasteiger partial charge in [0, 0.05) is 12.6 Å². The lowest BCUT2D eigenvalue weighted by Gasteiger charge is -2.20. The van der Waals surface area contributed by atoms with E-state index in [-0.39, 0.29) is 12.1 Å². The second-order valence-electron chi connectivity index (χ2n) is 4.58. The molecule has 0 saturated carbocycles. The minimum atomic E-state index is -0.302. The quantitative estimate of drug-likeness (QED) is 0.913. The van der Waals surface area contributed by atoms with Gasteiger partial charge in [-0.05, 0) is 23.8 Å². The summed E-state index contributed by atoms with van der Waals surface area (Å²) < 4.78 is 11.2. The van der Waals surface area contributed by atoms with Gasteiger partial charge in [0.15, 0.2) is 0 Å². The van der Waals surface area contributed by atoms with Crippen molar-refractivity contribution in [3.8, 4) is 11.5 Å². The highest BCUT2D eigenvalue weighted by molar-refractivity contribution is 5.39. The van der Waals surface area contributed by atoms with E-state index in [1.54, 1.807) is 13.3 Å². The first-order valence-electron chi connectivity index (χ1n) is 6.28. The highest BCUT2D eigenvalue weighted by Gasteiger charge is 2.31. The Morgan fingerprint density at radius 2 is 2.16 bits per heavy atom. The summed E-state index contributed by atoms with van der Waals surface area (Å²) in [5, 5.41) is 0. The van der Waals surface area contributed by atoms with Crippen molar-refractivity contribution in [1.82, 2.24) is 4.98 Å². The van der Waals surface area contributed by atoms with Crippen LogP contribution in [0.1, 0.15) is 17.3 Å². The third-order valence-corrected chi connectivity index (χ3v) is 3.41. The summed E-state index contributed by atoms with van der Waals surface area (Å²) in [6, 6.07) is 11.4. The molecule has 19 heavy (non-hydrogen) atoms. The number of aromatic nitrogens is 1. The van der Waals surface area contributed by atoms with Gasteiger partial charge in [0.2, 0.25) is 0 Å². The number of rotatable bonds is 3. The number of pyridine rings is 1. The van der Waals surface area contributed by atoms with Gasteiger partial charge in [-0.15, -0.1) is 0 Å². The van der Waals surface area contributed by atoms with Crippen LogP contribution in [0.4, 0.5) is 0 Å². The second kappa shape index (κ2) is 4.90. The van der Waals surface area contributed by atoms with Crippen LogP contribution in [0.2, 0.25) is 0 Å². The van der Waals surface area contributed by atoms with Crippen molar-refractivity contribution in [2.75, 3.05) is 7.11 Å². The molecule has 0 bridgehead atoms. The second-order valence-corrected chi connectivity index (χ2v) is 4.58. The van der Waals surface area contributed by atoms with Crippen LogP contribution in [0, 0.1) is 0 Å². The third-order valence-electron chi connectivity index (χ3n) is 3.41. The Hall–Kier alpha value is -2.07. The molecule has 0 amide bonds. The van der Waals surface area contributed by atoms with Crippen molar-refractivity contribution < 1.29 is 9.47 Å². The molecule has 2 heterocycles. The number of para-hydroxylation sites is 1. The summed E-state index contributed by atoms with van der Waals surface area (Å²) in [6.07, 6.45) is 2.43. The molecule has 2 N–H and O–H groups in total. The molecule has 1 aromatic heterocycles. The summed E-state index contributed by atoms with van der Waals surface area (Å²) in [5.74, 6) is 1.62. The molecule has 98 valence electrons. The smallest absolute Gasteiger partial charge is 0.142 e. The monoisotopic (exact) mass is 256 g/mol. The standard InChI is InChI=1S/C15H16N2O2/c1-18-12-7-4-8-17-15(12)14(16)13-9-10-5-2-3-6-11(10)19-13/h2-8,13-14H,9,16H2,1H3. The molecular formula is C15H16N2O2. The highest BCUT2D eigenvalue weighted by atomic mass is 16.5. The van der Waals surface area contributed by atoms with Crippen LogP contribution in [0.3, 0.4) is 0 Å². The Balaban J connectivity index is 1.85. The molecule has 2 atom stereocenters. The van der Waals surface area contributed by atoms with Gasteiger partial charge in [0.1, 0.15) is 23.3 Å². The molecule has 0 saturated heterocycles. The van der Waals surface area contributed by atoms with E-state index in [1.165, 1.54) is 5.56 Å². The van der Waals surface area contributed by atoms with Crippen LogP contribution >= 0.6 is 0 Å². The predicted molar refractivity (Wildman–Crippen MR) is 72.3 cm³/mol. The molecule has 1 aliphatic heterocycles. The van der Waals surface area contributed by atoms with E-state index >= 15 is 0 Å². The van der Waals surface area contributed by atoms with Gasteiger partial charge in [0.05, 0.1) is 13.2 Å². The van der Waals surface area contributed by atoms with Gasteiger partial charge in [-0.25, -0.2) is 0 Å². The zero-order valence-electron chi connectivity index (χ0n) is 10.7. The number of ether oxygens (including phenoxy) is 2. The number of hydrogen-bond acceptors (Lipinski definition) is 4. The minimum absolute atomic E-state index is 0.0961. The van der Waals surface area contributed by atoms with Gasteiger partial charge in [-0.1, -0.05) is 18.2 Å². The van der Waals surface area contributed by atoms with Gasteiger partial charge in [-0.2, -0.15) is 0 Å². The lowest BCUT2D eigenvalue weighted by Crippen LogP contribution is -2.31. The normalized spacial score (nSPS) is 18.5. The van der Waals surface area contributed by atoms with Crippen molar-refractivity contribution in [2.45, 2.75) is 18.6 Å². The lowest BCUT2D eigenvalue weighted by molar-refractivity contribution is 0.195. The maximum absolute atomic E-state index is 6.29. The number of nitrogens with zero attached hydrogens (tertiary/aromatic N) is 1. The van der Waals surface area contributed by atoms with E-state index in [1.807, 2.05) is 30.3 Å². The number of fused-ring (bicyclic) bond motifs is 1. The SMILES string of the molecule is COc1cccnc1C(N)C1Cc2ccccc2O1. The molecule has 0 radical (unpaired) electrons. The lowest BCUT2D eigenvalue weighted by atomic mass is 10.0. The van der Waals surface area contributed by atoms with Gasteiger partial charge >= 0.3 is 0 Å². The molecule has 4 heteroatoms. The fourth-order valence-corrected chi connectivity index (χ4v) is 2.41. The molecule has 2 aromatic rings. The maximum Gasteiger partial charge on any atom is 0.142 e. The van der Waals surface area contributed by atoms with Crippen molar-refractivity contribution in [1.29, 1.82) is 0 Å².